The fourth-order valence-corrected chi connectivity index (χ4v) is 1.74. The van der Waals surface area contributed by atoms with Crippen molar-refractivity contribution in [2.75, 3.05) is 0 Å². The Morgan fingerprint density at radius 3 is 2.44 bits per heavy atom. The Balaban J connectivity index is 2.78. The SMILES string of the molecule is CCCCC(O)(Cn1cncn1)C(C)(C)C. The highest BCUT2D eigenvalue weighted by atomic mass is 16.3. The quantitative estimate of drug-likeness (QED) is 0.836. The Bertz CT molecular complexity index is 303. The van der Waals surface area contributed by atoms with Crippen LogP contribution in [0.3, 0.4) is 0 Å². The van der Waals surface area contributed by atoms with E-state index in [1.54, 1.807) is 11.0 Å². The van der Waals surface area contributed by atoms with Gasteiger partial charge in [-0.25, -0.2) is 4.98 Å². The average Bonchev–Trinajstić information content (AvgIpc) is 2.65. The van der Waals surface area contributed by atoms with Crippen molar-refractivity contribution in [3.63, 3.8) is 0 Å². The minimum Gasteiger partial charge on any atom is -0.387 e. The van der Waals surface area contributed by atoms with E-state index in [2.05, 4.69) is 37.8 Å². The zero-order valence-corrected chi connectivity index (χ0v) is 10.8. The van der Waals surface area contributed by atoms with Crippen LogP contribution in [0.2, 0.25) is 0 Å². The third-order valence-electron chi connectivity index (χ3n) is 3.23. The number of aliphatic hydroxyl groups is 1. The summed E-state index contributed by atoms with van der Waals surface area (Å²) in [7, 11) is 0. The first-order valence-corrected chi connectivity index (χ1v) is 5.94. The second kappa shape index (κ2) is 4.95. The molecule has 0 amide bonds. The van der Waals surface area contributed by atoms with Crippen molar-refractivity contribution < 1.29 is 5.11 Å². The molecule has 0 saturated carbocycles. The predicted molar refractivity (Wildman–Crippen MR) is 64.0 cm³/mol. The second-order valence-corrected chi connectivity index (χ2v) is 5.48. The van der Waals surface area contributed by atoms with Crippen LogP contribution in [0.1, 0.15) is 47.0 Å². The smallest absolute Gasteiger partial charge is 0.137 e. The molecule has 1 rings (SSSR count). The first-order chi connectivity index (χ1) is 7.39. The van der Waals surface area contributed by atoms with Gasteiger partial charge in [0, 0.05) is 0 Å². The van der Waals surface area contributed by atoms with E-state index in [0.717, 1.165) is 19.3 Å². The van der Waals surface area contributed by atoms with Gasteiger partial charge >= 0.3 is 0 Å². The maximum Gasteiger partial charge on any atom is 0.137 e. The third kappa shape index (κ3) is 3.04. The molecule has 16 heavy (non-hydrogen) atoms. The van der Waals surface area contributed by atoms with E-state index in [4.69, 9.17) is 0 Å². The Kier molecular flexibility index (Phi) is 4.08. The molecule has 0 aliphatic carbocycles. The predicted octanol–water partition coefficient (Wildman–Crippen LogP) is 2.25. The molecule has 0 bridgehead atoms. The van der Waals surface area contributed by atoms with E-state index in [1.807, 2.05) is 0 Å². The van der Waals surface area contributed by atoms with E-state index in [-0.39, 0.29) is 5.41 Å². The van der Waals surface area contributed by atoms with Crippen molar-refractivity contribution in [2.45, 2.75) is 59.1 Å². The molecule has 0 fully saturated rings. The van der Waals surface area contributed by atoms with E-state index >= 15 is 0 Å². The molecule has 1 aromatic heterocycles. The van der Waals surface area contributed by atoms with Crippen molar-refractivity contribution in [1.82, 2.24) is 14.8 Å². The van der Waals surface area contributed by atoms with Crippen molar-refractivity contribution in [3.8, 4) is 0 Å². The van der Waals surface area contributed by atoms with Gasteiger partial charge in [-0.2, -0.15) is 5.10 Å². The number of nitrogens with zero attached hydrogens (tertiary/aromatic N) is 3. The van der Waals surface area contributed by atoms with Crippen LogP contribution in [0.15, 0.2) is 12.7 Å². The van der Waals surface area contributed by atoms with Gasteiger partial charge < -0.3 is 5.11 Å². The molecule has 1 aromatic rings. The molecule has 4 nitrogen and oxygen atoms in total. The summed E-state index contributed by atoms with van der Waals surface area (Å²) in [4.78, 5) is 3.91. The molecule has 1 N–H and O–H groups in total. The lowest BCUT2D eigenvalue weighted by atomic mass is 9.73. The molecule has 0 aromatic carbocycles. The topological polar surface area (TPSA) is 50.9 Å². The van der Waals surface area contributed by atoms with Gasteiger partial charge in [-0.05, 0) is 11.8 Å². The Labute approximate surface area is 97.7 Å². The number of aromatic nitrogens is 3. The summed E-state index contributed by atoms with van der Waals surface area (Å²) in [5.74, 6) is 0. The zero-order chi connectivity index (χ0) is 12.2. The third-order valence-corrected chi connectivity index (χ3v) is 3.23. The molecule has 0 radical (unpaired) electrons. The fourth-order valence-electron chi connectivity index (χ4n) is 1.74. The van der Waals surface area contributed by atoms with Crippen molar-refractivity contribution in [2.24, 2.45) is 5.41 Å². The number of hydrogen-bond acceptors (Lipinski definition) is 3. The van der Waals surface area contributed by atoms with Crippen molar-refractivity contribution in [3.05, 3.63) is 12.7 Å². The van der Waals surface area contributed by atoms with Crippen LogP contribution in [-0.2, 0) is 6.54 Å². The van der Waals surface area contributed by atoms with Gasteiger partial charge in [0.2, 0.25) is 0 Å². The molecule has 0 spiro atoms. The number of hydrogen-bond donors (Lipinski definition) is 1. The van der Waals surface area contributed by atoms with E-state index in [1.165, 1.54) is 6.33 Å². The lowest BCUT2D eigenvalue weighted by Crippen LogP contribution is -2.46. The van der Waals surface area contributed by atoms with Crippen LogP contribution < -0.4 is 0 Å². The highest BCUT2D eigenvalue weighted by Gasteiger charge is 2.39. The largest absolute Gasteiger partial charge is 0.387 e. The summed E-state index contributed by atoms with van der Waals surface area (Å²) in [6.45, 7) is 8.85. The first kappa shape index (κ1) is 13.2. The number of unbranched alkanes of at least 4 members (excludes halogenated alkanes) is 1. The molecule has 1 unspecified atom stereocenters. The summed E-state index contributed by atoms with van der Waals surface area (Å²) in [6, 6.07) is 0. The Morgan fingerprint density at radius 1 is 1.31 bits per heavy atom. The van der Waals surface area contributed by atoms with Gasteiger partial charge in [0.1, 0.15) is 12.7 Å². The molecule has 1 heterocycles. The molecular weight excluding hydrogens is 202 g/mol. The monoisotopic (exact) mass is 225 g/mol. The summed E-state index contributed by atoms with van der Waals surface area (Å²) >= 11 is 0. The van der Waals surface area contributed by atoms with Crippen LogP contribution in [0, 0.1) is 5.41 Å². The minimum absolute atomic E-state index is 0.159. The molecule has 92 valence electrons. The van der Waals surface area contributed by atoms with Crippen LogP contribution in [0.5, 0.6) is 0 Å². The zero-order valence-electron chi connectivity index (χ0n) is 10.8. The van der Waals surface area contributed by atoms with Crippen LogP contribution in [0.4, 0.5) is 0 Å². The van der Waals surface area contributed by atoms with Gasteiger partial charge in [0.25, 0.3) is 0 Å². The number of rotatable bonds is 5. The normalized spacial score (nSPS) is 16.1. The van der Waals surface area contributed by atoms with Gasteiger partial charge in [-0.15, -0.1) is 0 Å². The highest BCUT2D eigenvalue weighted by molar-refractivity contribution is 4.90. The molecule has 0 aliphatic heterocycles. The molecule has 0 saturated heterocycles. The minimum atomic E-state index is -0.725. The standard InChI is InChI=1S/C12H23N3O/c1-5-6-7-12(16,11(2,3)4)8-15-10-13-9-14-15/h9-10,16H,5-8H2,1-4H3. The fraction of sp³-hybridized carbons (Fsp3) is 0.833. The van der Waals surface area contributed by atoms with Crippen molar-refractivity contribution in [1.29, 1.82) is 0 Å². The maximum atomic E-state index is 10.8. The Morgan fingerprint density at radius 2 is 2.00 bits per heavy atom. The summed E-state index contributed by atoms with van der Waals surface area (Å²) in [5.41, 5.74) is -0.884. The van der Waals surface area contributed by atoms with Crippen molar-refractivity contribution >= 4 is 0 Å². The molecule has 1 atom stereocenters. The highest BCUT2D eigenvalue weighted by Crippen LogP contribution is 2.35. The summed E-state index contributed by atoms with van der Waals surface area (Å²) in [5, 5.41) is 14.8. The lowest BCUT2D eigenvalue weighted by Gasteiger charge is -2.40. The molecule has 0 aliphatic rings. The average molecular weight is 225 g/mol. The maximum absolute atomic E-state index is 10.8. The van der Waals surface area contributed by atoms with Gasteiger partial charge in [-0.3, -0.25) is 4.68 Å². The summed E-state index contributed by atoms with van der Waals surface area (Å²) < 4.78 is 1.71. The molecular formula is C12H23N3O. The van der Waals surface area contributed by atoms with Crippen LogP contribution >= 0.6 is 0 Å². The second-order valence-electron chi connectivity index (χ2n) is 5.48. The van der Waals surface area contributed by atoms with Gasteiger partial charge in [-0.1, -0.05) is 40.5 Å². The Hall–Kier alpha value is -0.900. The van der Waals surface area contributed by atoms with E-state index in [9.17, 15) is 5.11 Å². The van der Waals surface area contributed by atoms with E-state index in [0.29, 0.717) is 6.54 Å². The van der Waals surface area contributed by atoms with Gasteiger partial charge in [0.05, 0.1) is 12.1 Å². The summed E-state index contributed by atoms with van der Waals surface area (Å²) in [6.07, 6.45) is 6.08. The van der Waals surface area contributed by atoms with E-state index < -0.39 is 5.60 Å². The first-order valence-electron chi connectivity index (χ1n) is 5.94. The van der Waals surface area contributed by atoms with Gasteiger partial charge in [0.15, 0.2) is 0 Å². The van der Waals surface area contributed by atoms with Crippen LogP contribution in [-0.4, -0.2) is 25.5 Å². The lowest BCUT2D eigenvalue weighted by molar-refractivity contribution is -0.0812. The van der Waals surface area contributed by atoms with Crippen LogP contribution in [0.25, 0.3) is 0 Å². The molecule has 4 heteroatoms.